The van der Waals surface area contributed by atoms with E-state index in [-0.39, 0.29) is 0 Å². The molecule has 0 saturated heterocycles. The lowest BCUT2D eigenvalue weighted by Gasteiger charge is -1.93. The lowest BCUT2D eigenvalue weighted by atomic mass is 10.3. The fourth-order valence-electron chi connectivity index (χ4n) is 0.854. The molecule has 2 rings (SSSR count). The largest absolute Gasteiger partial charge is 0.384 e. The topological polar surface area (TPSA) is 64.7 Å². The van der Waals surface area contributed by atoms with Crippen LogP contribution < -0.4 is 5.73 Å². The lowest BCUT2D eigenvalue weighted by Crippen LogP contribution is -1.88. The van der Waals surface area contributed by atoms with Crippen LogP contribution in [0.25, 0.3) is 10.6 Å². The predicted octanol–water partition coefficient (Wildman–Crippen LogP) is 1.32. The van der Waals surface area contributed by atoms with E-state index in [0.29, 0.717) is 10.8 Å². The average molecular weight is 196 g/mol. The zero-order valence-electron chi connectivity index (χ0n) is 6.44. The standard InChI is InChI=1S/C7H5FN4S/c8-7-12-11-6(13-7)4-1-2-5(9)10-3-4/h1-3H,(H2,9,10). The fourth-order valence-corrected chi connectivity index (χ4v) is 1.42. The summed E-state index contributed by atoms with van der Waals surface area (Å²) in [6.45, 7) is 0. The van der Waals surface area contributed by atoms with Crippen molar-refractivity contribution in [1.29, 1.82) is 0 Å². The van der Waals surface area contributed by atoms with E-state index in [0.717, 1.165) is 16.9 Å². The summed E-state index contributed by atoms with van der Waals surface area (Å²) in [5.41, 5.74) is 6.11. The first kappa shape index (κ1) is 8.06. The second-order valence-electron chi connectivity index (χ2n) is 2.33. The quantitative estimate of drug-likeness (QED) is 0.747. The molecule has 2 aromatic heterocycles. The van der Waals surface area contributed by atoms with Crippen molar-refractivity contribution in [2.45, 2.75) is 0 Å². The van der Waals surface area contributed by atoms with E-state index in [1.165, 1.54) is 6.20 Å². The van der Waals surface area contributed by atoms with E-state index < -0.39 is 5.26 Å². The van der Waals surface area contributed by atoms with E-state index >= 15 is 0 Å². The van der Waals surface area contributed by atoms with Crippen molar-refractivity contribution in [3.63, 3.8) is 0 Å². The van der Waals surface area contributed by atoms with Crippen LogP contribution in [0.15, 0.2) is 18.3 Å². The molecule has 0 amide bonds. The molecule has 0 aliphatic rings. The number of hydrogen-bond acceptors (Lipinski definition) is 5. The Morgan fingerprint density at radius 3 is 2.69 bits per heavy atom. The van der Waals surface area contributed by atoms with Crippen LogP contribution in [-0.2, 0) is 0 Å². The molecule has 2 N–H and O–H groups in total. The maximum Gasteiger partial charge on any atom is 0.289 e. The first-order chi connectivity index (χ1) is 6.25. The molecule has 66 valence electrons. The molecule has 0 spiro atoms. The molecule has 6 heteroatoms. The fraction of sp³-hybridized carbons (Fsp3) is 0. The normalized spacial score (nSPS) is 10.2. The Labute approximate surface area is 77.3 Å². The van der Waals surface area contributed by atoms with Gasteiger partial charge >= 0.3 is 0 Å². The number of nitrogens with two attached hydrogens (primary N) is 1. The van der Waals surface area contributed by atoms with E-state index in [2.05, 4.69) is 15.2 Å². The summed E-state index contributed by atoms with van der Waals surface area (Å²) in [5, 5.41) is 6.84. The highest BCUT2D eigenvalue weighted by Gasteiger charge is 2.05. The van der Waals surface area contributed by atoms with E-state index in [4.69, 9.17) is 5.73 Å². The number of aromatic nitrogens is 3. The number of nitrogens with zero attached hydrogens (tertiary/aromatic N) is 3. The van der Waals surface area contributed by atoms with Crippen LogP contribution in [0.4, 0.5) is 10.2 Å². The Kier molecular flexibility index (Phi) is 1.90. The minimum Gasteiger partial charge on any atom is -0.384 e. The molecule has 0 saturated carbocycles. The minimum absolute atomic E-state index is 0.425. The van der Waals surface area contributed by atoms with Crippen LogP contribution in [0.2, 0.25) is 0 Å². The molecular formula is C7H5FN4S. The Morgan fingerprint density at radius 2 is 2.15 bits per heavy atom. The summed E-state index contributed by atoms with van der Waals surface area (Å²) in [7, 11) is 0. The number of anilines is 1. The predicted molar refractivity (Wildman–Crippen MR) is 47.5 cm³/mol. The first-order valence-electron chi connectivity index (χ1n) is 3.46. The van der Waals surface area contributed by atoms with Gasteiger partial charge in [0, 0.05) is 11.8 Å². The zero-order valence-corrected chi connectivity index (χ0v) is 7.25. The summed E-state index contributed by atoms with van der Waals surface area (Å²) in [4.78, 5) is 3.86. The Balaban J connectivity index is 2.41. The second kappa shape index (κ2) is 3.06. The number of hydrogen-bond donors (Lipinski definition) is 1. The van der Waals surface area contributed by atoms with Crippen LogP contribution >= 0.6 is 11.3 Å². The third-order valence-electron chi connectivity index (χ3n) is 1.43. The van der Waals surface area contributed by atoms with Gasteiger partial charge in [-0.15, -0.1) is 10.2 Å². The maximum atomic E-state index is 12.5. The number of halogens is 1. The highest BCUT2D eigenvalue weighted by atomic mass is 32.1. The van der Waals surface area contributed by atoms with Crippen molar-refractivity contribution < 1.29 is 4.39 Å². The van der Waals surface area contributed by atoms with Crippen LogP contribution in [0, 0.1) is 5.26 Å². The highest BCUT2D eigenvalue weighted by Crippen LogP contribution is 2.21. The third kappa shape index (κ3) is 1.62. The molecule has 0 aliphatic heterocycles. The van der Waals surface area contributed by atoms with Crippen molar-refractivity contribution in [2.24, 2.45) is 0 Å². The van der Waals surface area contributed by atoms with E-state index in [1.54, 1.807) is 12.1 Å². The van der Waals surface area contributed by atoms with Gasteiger partial charge in [0.2, 0.25) is 0 Å². The van der Waals surface area contributed by atoms with Gasteiger partial charge in [0.05, 0.1) is 0 Å². The Morgan fingerprint density at radius 1 is 1.31 bits per heavy atom. The van der Waals surface area contributed by atoms with Gasteiger partial charge in [-0.3, -0.25) is 0 Å². The molecule has 13 heavy (non-hydrogen) atoms. The van der Waals surface area contributed by atoms with Crippen LogP contribution in [-0.4, -0.2) is 15.2 Å². The van der Waals surface area contributed by atoms with E-state index in [1.807, 2.05) is 0 Å². The molecule has 4 nitrogen and oxygen atoms in total. The van der Waals surface area contributed by atoms with Gasteiger partial charge in [-0.25, -0.2) is 4.98 Å². The number of pyridine rings is 1. The molecule has 2 aromatic rings. The number of rotatable bonds is 1. The maximum absolute atomic E-state index is 12.5. The van der Waals surface area contributed by atoms with Gasteiger partial charge < -0.3 is 5.73 Å². The third-order valence-corrected chi connectivity index (χ3v) is 2.19. The van der Waals surface area contributed by atoms with E-state index in [9.17, 15) is 4.39 Å². The highest BCUT2D eigenvalue weighted by molar-refractivity contribution is 7.13. The molecule has 0 radical (unpaired) electrons. The van der Waals surface area contributed by atoms with Crippen molar-refractivity contribution in [1.82, 2.24) is 15.2 Å². The minimum atomic E-state index is -0.549. The Hall–Kier alpha value is -1.56. The molecule has 2 heterocycles. The van der Waals surface area contributed by atoms with Crippen LogP contribution in [0.1, 0.15) is 0 Å². The van der Waals surface area contributed by atoms with Gasteiger partial charge in [-0.05, 0) is 12.1 Å². The molecule has 0 aromatic carbocycles. The smallest absolute Gasteiger partial charge is 0.289 e. The van der Waals surface area contributed by atoms with Crippen LogP contribution in [0.5, 0.6) is 0 Å². The summed E-state index contributed by atoms with van der Waals surface area (Å²) >= 11 is 0.877. The zero-order chi connectivity index (χ0) is 9.26. The van der Waals surface area contributed by atoms with Crippen LogP contribution in [0.3, 0.4) is 0 Å². The van der Waals surface area contributed by atoms with Gasteiger partial charge in [-0.1, -0.05) is 11.3 Å². The lowest BCUT2D eigenvalue weighted by molar-refractivity contribution is 0.601. The van der Waals surface area contributed by atoms with Gasteiger partial charge in [0.15, 0.2) is 5.01 Å². The van der Waals surface area contributed by atoms with Crippen molar-refractivity contribution in [3.05, 3.63) is 23.6 Å². The average Bonchev–Trinajstić information content (AvgIpc) is 2.53. The SMILES string of the molecule is Nc1ccc(-c2nnc(F)s2)cn1. The number of nitrogen functional groups attached to an aromatic ring is 1. The van der Waals surface area contributed by atoms with Crippen molar-refractivity contribution in [3.8, 4) is 10.6 Å². The summed E-state index contributed by atoms with van der Waals surface area (Å²) < 4.78 is 12.5. The second-order valence-corrected chi connectivity index (χ2v) is 3.26. The molecular weight excluding hydrogens is 191 g/mol. The van der Waals surface area contributed by atoms with Crippen molar-refractivity contribution in [2.75, 3.05) is 5.73 Å². The molecule has 0 unspecified atom stereocenters. The summed E-state index contributed by atoms with van der Waals surface area (Å²) in [6, 6.07) is 3.36. The van der Waals surface area contributed by atoms with Crippen molar-refractivity contribution >= 4 is 17.2 Å². The molecule has 0 bridgehead atoms. The monoisotopic (exact) mass is 196 g/mol. The van der Waals surface area contributed by atoms with Gasteiger partial charge in [0.1, 0.15) is 5.82 Å². The first-order valence-corrected chi connectivity index (χ1v) is 4.28. The molecule has 0 fully saturated rings. The van der Waals surface area contributed by atoms with Gasteiger partial charge in [0.25, 0.3) is 5.26 Å². The summed E-state index contributed by atoms with van der Waals surface area (Å²) in [6.07, 6.45) is 1.54. The van der Waals surface area contributed by atoms with Gasteiger partial charge in [-0.2, -0.15) is 4.39 Å². The molecule has 0 aliphatic carbocycles. The Bertz CT molecular complexity index is 411. The molecule has 0 atom stereocenters. The summed E-state index contributed by atoms with van der Waals surface area (Å²) in [5.74, 6) is 0.425.